The Labute approximate surface area is 221 Å². The highest BCUT2D eigenvalue weighted by Crippen LogP contribution is 2.31. The van der Waals surface area contributed by atoms with Crippen LogP contribution >= 0.6 is 0 Å². The summed E-state index contributed by atoms with van der Waals surface area (Å²) in [6.45, 7) is 0.444. The third-order valence-corrected chi connectivity index (χ3v) is 6.51. The summed E-state index contributed by atoms with van der Waals surface area (Å²) >= 11 is 0. The van der Waals surface area contributed by atoms with Crippen LogP contribution in [0, 0.1) is 0 Å². The van der Waals surface area contributed by atoms with Crippen molar-refractivity contribution in [2.24, 2.45) is 7.05 Å². The number of aromatic nitrogens is 3. The Balaban J connectivity index is 1.49. The molecule has 2 N–H and O–H groups in total. The van der Waals surface area contributed by atoms with Crippen molar-refractivity contribution in [2.75, 3.05) is 0 Å². The smallest absolute Gasteiger partial charge is 0.416 e. The molecule has 5 aromatic rings. The molecule has 0 saturated carbocycles. The summed E-state index contributed by atoms with van der Waals surface area (Å²) in [5.41, 5.74) is 3.44. The molecule has 0 bridgehead atoms. The summed E-state index contributed by atoms with van der Waals surface area (Å²) in [5, 5.41) is 17.0. The first kappa shape index (κ1) is 25.8. The maximum atomic E-state index is 13.5. The lowest BCUT2D eigenvalue weighted by Gasteiger charge is -2.14. The van der Waals surface area contributed by atoms with Crippen molar-refractivity contribution in [2.45, 2.75) is 19.3 Å². The van der Waals surface area contributed by atoms with Crippen LogP contribution in [0.1, 0.15) is 37.4 Å². The van der Waals surface area contributed by atoms with Crippen LogP contribution in [-0.2, 0) is 26.3 Å². The number of benzene rings is 3. The summed E-state index contributed by atoms with van der Waals surface area (Å²) in [6, 6.07) is 18.6. The highest BCUT2D eigenvalue weighted by Gasteiger charge is 2.30. The molecule has 0 fully saturated rings. The Kier molecular flexibility index (Phi) is 6.69. The van der Waals surface area contributed by atoms with Crippen molar-refractivity contribution >= 4 is 22.8 Å². The second kappa shape index (κ2) is 10.1. The fourth-order valence-corrected chi connectivity index (χ4v) is 4.50. The molecule has 0 unspecified atom stereocenters. The molecule has 0 aliphatic carbocycles. The van der Waals surface area contributed by atoms with E-state index in [4.69, 9.17) is 5.11 Å². The first-order chi connectivity index (χ1) is 18.6. The Hall–Kier alpha value is -4.86. The number of halogens is 3. The third-order valence-electron chi connectivity index (χ3n) is 6.51. The molecule has 3 aromatic carbocycles. The molecule has 10 heteroatoms. The number of hydrogen-bond acceptors (Lipinski definition) is 3. The zero-order valence-electron chi connectivity index (χ0n) is 20.7. The first-order valence-corrected chi connectivity index (χ1v) is 12.0. The summed E-state index contributed by atoms with van der Waals surface area (Å²) in [6.07, 6.45) is -0.952. The zero-order chi connectivity index (χ0) is 27.7. The maximum Gasteiger partial charge on any atom is 0.416 e. The van der Waals surface area contributed by atoms with E-state index < -0.39 is 17.7 Å². The number of aromatic carboxylic acids is 1. The Bertz CT molecular complexity index is 1670. The monoisotopic (exact) mass is 532 g/mol. The van der Waals surface area contributed by atoms with Crippen LogP contribution in [0.3, 0.4) is 0 Å². The van der Waals surface area contributed by atoms with Gasteiger partial charge in [-0.1, -0.05) is 24.3 Å². The third kappa shape index (κ3) is 5.40. The van der Waals surface area contributed by atoms with Gasteiger partial charge >= 0.3 is 12.1 Å². The molecule has 0 aliphatic rings. The van der Waals surface area contributed by atoms with Crippen molar-refractivity contribution in [3.8, 4) is 11.3 Å². The fourth-order valence-electron chi connectivity index (χ4n) is 4.50. The van der Waals surface area contributed by atoms with E-state index in [1.54, 1.807) is 42.3 Å². The van der Waals surface area contributed by atoms with Gasteiger partial charge in [-0.15, -0.1) is 0 Å². The molecule has 0 atom stereocenters. The van der Waals surface area contributed by atoms with Crippen LogP contribution in [0.5, 0.6) is 0 Å². The van der Waals surface area contributed by atoms with Crippen molar-refractivity contribution in [3.63, 3.8) is 0 Å². The van der Waals surface area contributed by atoms with E-state index in [9.17, 15) is 22.8 Å². The van der Waals surface area contributed by atoms with Gasteiger partial charge in [0, 0.05) is 43.5 Å². The number of carbonyl (C=O) groups excluding carboxylic acids is 1. The van der Waals surface area contributed by atoms with E-state index in [0.717, 1.165) is 34.3 Å². The van der Waals surface area contributed by atoms with Gasteiger partial charge in [-0.05, 0) is 59.7 Å². The summed E-state index contributed by atoms with van der Waals surface area (Å²) < 4.78 is 42.5. The van der Waals surface area contributed by atoms with E-state index in [1.807, 2.05) is 22.8 Å². The normalized spacial score (nSPS) is 11.6. The molecular weight excluding hydrogens is 509 g/mol. The molecule has 0 saturated heterocycles. The average molecular weight is 533 g/mol. The van der Waals surface area contributed by atoms with Gasteiger partial charge in [0.2, 0.25) is 0 Å². The largest absolute Gasteiger partial charge is 0.478 e. The lowest BCUT2D eigenvalue weighted by atomic mass is 10.0. The molecule has 0 aliphatic heterocycles. The summed E-state index contributed by atoms with van der Waals surface area (Å²) in [5.74, 6) is -1.38. The molecule has 39 heavy (non-hydrogen) atoms. The number of aryl methyl sites for hydroxylation is 1. The van der Waals surface area contributed by atoms with Crippen LogP contribution in [-0.4, -0.2) is 31.3 Å². The van der Waals surface area contributed by atoms with Crippen molar-refractivity contribution < 1.29 is 27.9 Å². The van der Waals surface area contributed by atoms with Crippen LogP contribution in [0.4, 0.5) is 13.2 Å². The van der Waals surface area contributed by atoms with E-state index in [0.29, 0.717) is 16.6 Å². The van der Waals surface area contributed by atoms with Crippen LogP contribution < -0.4 is 5.32 Å². The molecular formula is C29H23F3N4O3. The molecule has 2 heterocycles. The summed E-state index contributed by atoms with van der Waals surface area (Å²) in [7, 11) is 1.80. The molecule has 198 valence electrons. The lowest BCUT2D eigenvalue weighted by molar-refractivity contribution is -0.137. The number of rotatable bonds is 7. The molecule has 0 radical (unpaired) electrons. The predicted octanol–water partition coefficient (Wildman–Crippen LogP) is 5.74. The number of nitrogens with one attached hydrogen (secondary N) is 1. The Morgan fingerprint density at radius 1 is 0.949 bits per heavy atom. The van der Waals surface area contributed by atoms with Gasteiger partial charge in [-0.25, -0.2) is 4.79 Å². The molecule has 0 spiro atoms. The zero-order valence-corrected chi connectivity index (χ0v) is 20.7. The first-order valence-electron chi connectivity index (χ1n) is 12.0. The summed E-state index contributed by atoms with van der Waals surface area (Å²) in [4.78, 5) is 24.6. The van der Waals surface area contributed by atoms with Crippen LogP contribution in [0.2, 0.25) is 0 Å². The lowest BCUT2D eigenvalue weighted by Crippen LogP contribution is -2.23. The van der Waals surface area contributed by atoms with Crippen molar-refractivity contribution in [1.82, 2.24) is 19.7 Å². The molecule has 5 rings (SSSR count). The van der Waals surface area contributed by atoms with E-state index in [2.05, 4.69) is 10.4 Å². The number of carbonyl (C=O) groups is 2. The van der Waals surface area contributed by atoms with Gasteiger partial charge in [0.25, 0.3) is 5.91 Å². The van der Waals surface area contributed by atoms with Gasteiger partial charge < -0.3 is 15.0 Å². The minimum Gasteiger partial charge on any atom is -0.478 e. The standard InChI is InChI=1S/C29H23F3N4O3/c1-35-25(10-12-34-35)22-14-21-11-13-36(17-19-4-8-23(9-5-19)29(30,31)32)26(21)24(15-22)27(37)33-16-18-2-6-20(7-3-18)28(38)39/h2-15H,16-17H2,1H3,(H,33,37)(H,38,39). The molecule has 7 nitrogen and oxygen atoms in total. The average Bonchev–Trinajstić information content (AvgIpc) is 3.52. The molecule has 1 amide bonds. The van der Waals surface area contributed by atoms with Crippen molar-refractivity contribution in [1.29, 1.82) is 0 Å². The minimum absolute atomic E-state index is 0.150. The van der Waals surface area contributed by atoms with E-state index in [1.165, 1.54) is 24.3 Å². The number of nitrogens with zero attached hydrogens (tertiary/aromatic N) is 3. The second-order valence-electron chi connectivity index (χ2n) is 9.12. The van der Waals surface area contributed by atoms with Gasteiger partial charge in [-0.2, -0.15) is 18.3 Å². The van der Waals surface area contributed by atoms with Gasteiger partial charge in [0.15, 0.2) is 0 Å². The highest BCUT2D eigenvalue weighted by molar-refractivity contribution is 6.07. The van der Waals surface area contributed by atoms with Crippen molar-refractivity contribution in [3.05, 3.63) is 113 Å². The van der Waals surface area contributed by atoms with Crippen LogP contribution in [0.25, 0.3) is 22.2 Å². The van der Waals surface area contributed by atoms with E-state index >= 15 is 0 Å². The second-order valence-corrected chi connectivity index (χ2v) is 9.12. The SMILES string of the molecule is Cn1nccc1-c1cc(C(=O)NCc2ccc(C(=O)O)cc2)c2c(ccn2Cc2ccc(C(F)(F)F)cc2)c1. The topological polar surface area (TPSA) is 89.2 Å². The number of alkyl halides is 3. The van der Waals surface area contributed by atoms with Crippen LogP contribution in [0.15, 0.2) is 85.2 Å². The predicted molar refractivity (Wildman–Crippen MR) is 139 cm³/mol. The Morgan fingerprint density at radius 3 is 2.26 bits per heavy atom. The van der Waals surface area contributed by atoms with Gasteiger partial charge in [0.05, 0.1) is 27.9 Å². The fraction of sp³-hybridized carbons (Fsp3) is 0.138. The number of carboxylic acid groups (broad SMARTS) is 1. The Morgan fingerprint density at radius 2 is 1.64 bits per heavy atom. The number of amides is 1. The molecule has 2 aromatic heterocycles. The number of hydrogen-bond donors (Lipinski definition) is 2. The number of carboxylic acids is 1. The quantitative estimate of drug-likeness (QED) is 0.280. The maximum absolute atomic E-state index is 13.5. The van der Waals surface area contributed by atoms with Gasteiger partial charge in [-0.3, -0.25) is 9.48 Å². The highest BCUT2D eigenvalue weighted by atomic mass is 19.4. The van der Waals surface area contributed by atoms with Gasteiger partial charge in [0.1, 0.15) is 0 Å². The van der Waals surface area contributed by atoms with E-state index in [-0.39, 0.29) is 24.6 Å². The minimum atomic E-state index is -4.42. The number of fused-ring (bicyclic) bond motifs is 1.